The third-order valence-corrected chi connectivity index (χ3v) is 4.21. The summed E-state index contributed by atoms with van der Waals surface area (Å²) in [6, 6.07) is -0.501. The van der Waals surface area contributed by atoms with Gasteiger partial charge in [0.2, 0.25) is 10.1 Å². The Balaban J connectivity index is 1.55. The number of piperazine rings is 1. The lowest BCUT2D eigenvalue weighted by Gasteiger charge is -2.34. The molecule has 1 aliphatic rings. The first-order valence-corrected chi connectivity index (χ1v) is 7.73. The molecule has 8 nitrogen and oxygen atoms in total. The fourth-order valence-electron chi connectivity index (χ4n) is 2.15. The normalized spacial score (nSPS) is 15.5. The summed E-state index contributed by atoms with van der Waals surface area (Å²) >= 11 is 0.295. The Bertz CT molecular complexity index is 700. The molecule has 0 aliphatic carbocycles. The van der Waals surface area contributed by atoms with Crippen molar-refractivity contribution >= 4 is 28.3 Å². The molecule has 1 N–H and O–H groups in total. The van der Waals surface area contributed by atoms with Crippen LogP contribution in [0.2, 0.25) is 0 Å². The number of carbonyl (C=O) groups is 1. The Labute approximate surface area is 138 Å². The van der Waals surface area contributed by atoms with Crippen molar-refractivity contribution in [2.75, 3.05) is 36.4 Å². The van der Waals surface area contributed by atoms with Gasteiger partial charge in [-0.3, -0.25) is 10.3 Å². The standard InChI is InChI=1S/C12H12F3N7OS/c13-12(14,15)9-19-20-10(24-9)18-11(23)22-5-3-21(4-6-22)8-7-16-1-2-17-8/h1-2,7H,3-6H2,(H,18,20,23). The molecule has 2 amide bonds. The lowest BCUT2D eigenvalue weighted by molar-refractivity contribution is -0.138. The van der Waals surface area contributed by atoms with Gasteiger partial charge in [-0.25, -0.2) is 9.78 Å². The van der Waals surface area contributed by atoms with Crippen LogP contribution < -0.4 is 10.2 Å². The first-order valence-electron chi connectivity index (χ1n) is 6.91. The number of anilines is 2. The van der Waals surface area contributed by atoms with Crippen LogP contribution in [0.4, 0.5) is 28.9 Å². The number of aromatic nitrogens is 4. The molecule has 2 aromatic rings. The van der Waals surface area contributed by atoms with Crippen molar-refractivity contribution in [3.8, 4) is 0 Å². The quantitative estimate of drug-likeness (QED) is 0.878. The lowest BCUT2D eigenvalue weighted by Crippen LogP contribution is -2.50. The van der Waals surface area contributed by atoms with Crippen molar-refractivity contribution in [1.29, 1.82) is 0 Å². The molecule has 3 rings (SSSR count). The Kier molecular flexibility index (Phi) is 4.46. The molecule has 0 radical (unpaired) electrons. The zero-order valence-corrected chi connectivity index (χ0v) is 13.0. The highest BCUT2D eigenvalue weighted by Crippen LogP contribution is 2.33. The predicted octanol–water partition coefficient (Wildman–Crippen LogP) is 1.70. The van der Waals surface area contributed by atoms with Gasteiger partial charge in [-0.1, -0.05) is 11.3 Å². The molecule has 1 fully saturated rings. The van der Waals surface area contributed by atoms with E-state index in [1.807, 2.05) is 4.90 Å². The van der Waals surface area contributed by atoms with Crippen molar-refractivity contribution in [3.63, 3.8) is 0 Å². The van der Waals surface area contributed by atoms with Gasteiger partial charge in [-0.05, 0) is 0 Å². The van der Waals surface area contributed by atoms with Gasteiger partial charge in [-0.2, -0.15) is 13.2 Å². The number of hydrogen-bond acceptors (Lipinski definition) is 7. The maximum atomic E-state index is 12.5. The van der Waals surface area contributed by atoms with Gasteiger partial charge in [0.05, 0.1) is 6.20 Å². The van der Waals surface area contributed by atoms with E-state index in [-0.39, 0.29) is 5.13 Å². The molecule has 0 spiro atoms. The summed E-state index contributed by atoms with van der Waals surface area (Å²) in [4.78, 5) is 23.7. The summed E-state index contributed by atoms with van der Waals surface area (Å²) in [5, 5.41) is 7.44. The Hall–Kier alpha value is -2.50. The highest BCUT2D eigenvalue weighted by atomic mass is 32.1. The van der Waals surface area contributed by atoms with Gasteiger partial charge >= 0.3 is 12.2 Å². The van der Waals surface area contributed by atoms with Crippen LogP contribution in [-0.4, -0.2) is 57.3 Å². The van der Waals surface area contributed by atoms with Crippen molar-refractivity contribution in [1.82, 2.24) is 25.1 Å². The number of alkyl halides is 3. The smallest absolute Gasteiger partial charge is 0.352 e. The van der Waals surface area contributed by atoms with E-state index in [0.29, 0.717) is 37.5 Å². The fraction of sp³-hybridized carbons (Fsp3) is 0.417. The summed E-state index contributed by atoms with van der Waals surface area (Å²) < 4.78 is 37.4. The van der Waals surface area contributed by atoms with Crippen molar-refractivity contribution in [2.45, 2.75) is 6.18 Å². The number of nitrogens with one attached hydrogen (secondary N) is 1. The highest BCUT2D eigenvalue weighted by Gasteiger charge is 2.36. The zero-order chi connectivity index (χ0) is 17.2. The molecule has 1 saturated heterocycles. The van der Waals surface area contributed by atoms with E-state index >= 15 is 0 Å². The number of nitrogens with zero attached hydrogens (tertiary/aromatic N) is 6. The van der Waals surface area contributed by atoms with E-state index in [0.717, 1.165) is 5.82 Å². The van der Waals surface area contributed by atoms with E-state index < -0.39 is 17.2 Å². The number of carbonyl (C=O) groups excluding carboxylic acids is 1. The minimum Gasteiger partial charge on any atom is -0.352 e. The van der Waals surface area contributed by atoms with Crippen molar-refractivity contribution < 1.29 is 18.0 Å². The van der Waals surface area contributed by atoms with Gasteiger partial charge in [0.25, 0.3) is 0 Å². The number of halogens is 3. The average molecular weight is 359 g/mol. The third kappa shape index (κ3) is 3.69. The van der Waals surface area contributed by atoms with E-state index in [4.69, 9.17) is 0 Å². The minimum atomic E-state index is -4.57. The van der Waals surface area contributed by atoms with E-state index in [2.05, 4.69) is 25.5 Å². The topological polar surface area (TPSA) is 87.1 Å². The second kappa shape index (κ2) is 6.55. The second-order valence-corrected chi connectivity index (χ2v) is 5.86. The van der Waals surface area contributed by atoms with Crippen LogP contribution in [0.1, 0.15) is 5.01 Å². The Morgan fingerprint density at radius 1 is 1.17 bits per heavy atom. The van der Waals surface area contributed by atoms with Crippen LogP contribution in [-0.2, 0) is 6.18 Å². The molecular formula is C12H12F3N7OS. The summed E-state index contributed by atoms with van der Waals surface area (Å²) in [5.41, 5.74) is 0. The molecule has 0 bridgehead atoms. The van der Waals surface area contributed by atoms with Gasteiger partial charge in [-0.15, -0.1) is 10.2 Å². The van der Waals surface area contributed by atoms with Crippen LogP contribution in [0.15, 0.2) is 18.6 Å². The van der Waals surface area contributed by atoms with E-state index in [1.54, 1.807) is 18.6 Å². The summed E-state index contributed by atoms with van der Waals surface area (Å²) in [6.07, 6.45) is 0.227. The summed E-state index contributed by atoms with van der Waals surface area (Å²) in [6.45, 7) is 1.92. The van der Waals surface area contributed by atoms with Crippen LogP contribution in [0, 0.1) is 0 Å². The fourth-order valence-corrected chi connectivity index (χ4v) is 2.75. The van der Waals surface area contributed by atoms with Crippen LogP contribution in [0.5, 0.6) is 0 Å². The van der Waals surface area contributed by atoms with Gasteiger partial charge in [0.15, 0.2) is 0 Å². The van der Waals surface area contributed by atoms with Crippen LogP contribution in [0.3, 0.4) is 0 Å². The maximum absolute atomic E-state index is 12.5. The van der Waals surface area contributed by atoms with Gasteiger partial charge in [0, 0.05) is 38.6 Å². The first kappa shape index (κ1) is 16.4. The van der Waals surface area contributed by atoms with Gasteiger partial charge < -0.3 is 9.80 Å². The predicted molar refractivity (Wildman–Crippen MR) is 79.7 cm³/mol. The van der Waals surface area contributed by atoms with Crippen LogP contribution >= 0.6 is 11.3 Å². The maximum Gasteiger partial charge on any atom is 0.445 e. The van der Waals surface area contributed by atoms with Crippen molar-refractivity contribution in [2.24, 2.45) is 0 Å². The molecule has 12 heteroatoms. The van der Waals surface area contributed by atoms with Crippen molar-refractivity contribution in [3.05, 3.63) is 23.6 Å². The first-order chi connectivity index (χ1) is 11.4. The summed E-state index contributed by atoms with van der Waals surface area (Å²) in [7, 11) is 0. The molecule has 1 aliphatic heterocycles. The number of rotatable bonds is 2. The van der Waals surface area contributed by atoms with E-state index in [1.165, 1.54) is 4.90 Å². The minimum absolute atomic E-state index is 0.177. The SMILES string of the molecule is O=C(Nc1nnc(C(F)(F)F)s1)N1CCN(c2cnccn2)CC1. The third-order valence-electron chi connectivity index (χ3n) is 3.32. The summed E-state index contributed by atoms with van der Waals surface area (Å²) in [5.74, 6) is 0.719. The molecule has 128 valence electrons. The average Bonchev–Trinajstić information content (AvgIpc) is 3.05. The Morgan fingerprint density at radius 3 is 2.50 bits per heavy atom. The highest BCUT2D eigenvalue weighted by molar-refractivity contribution is 7.15. The molecule has 3 heterocycles. The molecule has 0 atom stereocenters. The molecule has 0 saturated carbocycles. The van der Waals surface area contributed by atoms with E-state index in [9.17, 15) is 18.0 Å². The number of amides is 2. The molecule has 0 aromatic carbocycles. The second-order valence-electron chi connectivity index (χ2n) is 4.88. The van der Waals surface area contributed by atoms with Gasteiger partial charge in [0.1, 0.15) is 5.82 Å². The molecule has 2 aromatic heterocycles. The lowest BCUT2D eigenvalue weighted by atomic mass is 10.3. The largest absolute Gasteiger partial charge is 0.445 e. The molecular weight excluding hydrogens is 347 g/mol. The number of hydrogen-bond donors (Lipinski definition) is 1. The number of urea groups is 1. The zero-order valence-electron chi connectivity index (χ0n) is 12.2. The van der Waals surface area contributed by atoms with Crippen LogP contribution in [0.25, 0.3) is 0 Å². The molecule has 0 unspecified atom stereocenters. The Morgan fingerprint density at radius 2 is 1.92 bits per heavy atom. The molecule has 24 heavy (non-hydrogen) atoms. The monoisotopic (exact) mass is 359 g/mol.